The monoisotopic (exact) mass is 2060 g/mol. The summed E-state index contributed by atoms with van der Waals surface area (Å²) in [5.41, 5.74) is -1.02. The third-order valence-corrected chi connectivity index (χ3v) is 21.6. The zero-order valence-corrected chi connectivity index (χ0v) is 81.2. The normalized spacial score (nSPS) is 20.6. The van der Waals surface area contributed by atoms with Crippen molar-refractivity contribution >= 4 is 95.0 Å². The summed E-state index contributed by atoms with van der Waals surface area (Å²) in [5.74, 6) is -15.1. The maximum Gasteiger partial charge on any atom is 0.339 e. The van der Waals surface area contributed by atoms with Gasteiger partial charge in [-0.05, 0) is 97.5 Å². The molecule has 3 saturated heterocycles. The number of hydrogen-bond donors (Lipinski definition) is 21. The number of nitrogens with one attached hydrogen (secondary N) is 1. The number of carboxylic acid groups (broad SMARTS) is 10. The van der Waals surface area contributed by atoms with Gasteiger partial charge in [0.25, 0.3) is 0 Å². The molecule has 3 heterocycles. The SMILES string of the molecule is CC(C)(CO)C(O)C(=O)NCCC(=O)[O-].CCC(=O)[O-].CCCCCCCC/C=C\CCCCCCCC(=O)[O-].CCCCCCCCCCCCCCCCCC(=O)[O-].O=C(O)c1cc2ccccc2c(Cc2c(O)c(C(=O)O)cc3ccccc23)c1O.O=C(O)c1ccccc1[O-].O=C([O-])C1O[C@H](O)[C@@H](O)[C@H](O)[C@H]1O.O=C([O-])C1O[C@H](O)[C@@H](O)[C@H](O)[C@H]1O.O=C([O-])C1O[C@H](O)[C@@H](O)[C@H](O)[C@H]1O.O=P([O-])([O-])O. The van der Waals surface area contributed by atoms with Crippen molar-refractivity contribution in [2.45, 2.75) is 345 Å². The minimum Gasteiger partial charge on any atom is -0.872 e. The van der Waals surface area contributed by atoms with Crippen molar-refractivity contribution in [3.8, 4) is 17.2 Å². The van der Waals surface area contributed by atoms with Gasteiger partial charge in [-0.1, -0.05) is 261 Å². The lowest BCUT2D eigenvalue weighted by Gasteiger charge is -2.38. The van der Waals surface area contributed by atoms with Gasteiger partial charge in [0.1, 0.15) is 102 Å². The van der Waals surface area contributed by atoms with Crippen molar-refractivity contribution < 1.29 is 224 Å². The number of aromatic hydroxyl groups is 2. The van der Waals surface area contributed by atoms with E-state index in [0.29, 0.717) is 32.7 Å². The van der Waals surface area contributed by atoms with Gasteiger partial charge in [-0.3, -0.25) is 4.79 Å². The number of aliphatic carboxylic acids is 7. The molecule has 812 valence electrons. The number of allylic oxidation sites excluding steroid dienone is 2. The molecule has 47 heteroatoms. The number of ether oxygens (including phenoxy) is 3. The highest BCUT2D eigenvalue weighted by molar-refractivity contribution is 7.42. The first-order chi connectivity index (χ1) is 67.1. The number of amides is 1. The van der Waals surface area contributed by atoms with E-state index in [-0.39, 0.29) is 61.9 Å². The van der Waals surface area contributed by atoms with E-state index in [4.69, 9.17) is 90.7 Å². The van der Waals surface area contributed by atoms with Crippen molar-refractivity contribution in [1.82, 2.24) is 5.32 Å². The van der Waals surface area contributed by atoms with Crippen LogP contribution in [0.25, 0.3) is 21.5 Å². The summed E-state index contributed by atoms with van der Waals surface area (Å²) in [5, 5.41) is 260. The number of para-hydroxylation sites is 1. The summed E-state index contributed by atoms with van der Waals surface area (Å²) < 4.78 is 21.5. The minimum atomic E-state index is -5.14. The predicted octanol–water partition coefficient (Wildman–Crippen LogP) is -4.19. The number of phenols is 2. The number of aliphatic hydroxyl groups is 14. The van der Waals surface area contributed by atoms with E-state index in [9.17, 15) is 119 Å². The third-order valence-electron chi connectivity index (χ3n) is 21.6. The first kappa shape index (κ1) is 134. The summed E-state index contributed by atoms with van der Waals surface area (Å²) in [6.07, 6.45) is 12.1. The van der Waals surface area contributed by atoms with Crippen LogP contribution < -0.4 is 56.0 Å². The Balaban J connectivity index is 0. The molecule has 8 rings (SSSR count). The van der Waals surface area contributed by atoms with Crippen LogP contribution in [0.1, 0.15) is 282 Å². The lowest BCUT2D eigenvalue weighted by atomic mass is 9.87. The van der Waals surface area contributed by atoms with Crippen molar-refractivity contribution in [1.29, 1.82) is 0 Å². The summed E-state index contributed by atoms with van der Waals surface area (Å²) in [4.78, 5) is 139. The quantitative estimate of drug-likeness (QED) is 0.00998. The number of aliphatic hydroxyl groups excluding tert-OH is 14. The summed E-state index contributed by atoms with van der Waals surface area (Å²) in [6, 6.07) is 22.3. The molecule has 3 fully saturated rings. The molecule has 5 aromatic rings. The van der Waals surface area contributed by atoms with Crippen molar-refractivity contribution in [2.24, 2.45) is 5.41 Å². The molecule has 46 nitrogen and oxygen atoms in total. The molecule has 0 spiro atoms. The number of fused-ring (bicyclic) bond motifs is 2. The third kappa shape index (κ3) is 56.4. The number of unbranched alkanes of at least 4 members (excludes halogenated alkanes) is 25. The van der Waals surface area contributed by atoms with E-state index in [0.717, 1.165) is 32.1 Å². The zero-order chi connectivity index (χ0) is 109. The fourth-order valence-electron chi connectivity index (χ4n) is 13.3. The van der Waals surface area contributed by atoms with Gasteiger partial charge in [-0.2, -0.15) is 0 Å². The van der Waals surface area contributed by atoms with Gasteiger partial charge < -0.3 is 210 Å². The molecule has 3 aliphatic heterocycles. The molecule has 0 bridgehead atoms. The van der Waals surface area contributed by atoms with Gasteiger partial charge in [0.15, 0.2) is 18.9 Å². The van der Waals surface area contributed by atoms with Crippen LogP contribution in [0.5, 0.6) is 17.2 Å². The first-order valence-electron chi connectivity index (χ1n) is 46.5. The van der Waals surface area contributed by atoms with Crippen LogP contribution in [0.4, 0.5) is 0 Å². The molecule has 0 aromatic heterocycles. The van der Waals surface area contributed by atoms with Crippen LogP contribution in [-0.4, -0.2) is 279 Å². The Hall–Kier alpha value is -10.6. The van der Waals surface area contributed by atoms with Crippen LogP contribution in [0.2, 0.25) is 0 Å². The summed E-state index contributed by atoms with van der Waals surface area (Å²) in [6.45, 7) is 8.67. The fourth-order valence-corrected chi connectivity index (χ4v) is 13.3. The standard InChI is InChI=1S/C23H16O6.C18H36O2.C18H34O2.C9H17NO5.C7H6O3.3C6H10O7.C3H6O2.H3O4P/c24-20-16(14-7-3-1-5-12(14)9-18(20)22(26)27)11-17-15-8-4-2-6-13(15)10-19(21(17)25)23(28)29;2*1-2-3-4-5-6-7-8-9-10-11-12-13-14-15-16-17-18(19)20;1-9(2,5-11)7(14)8(15)10-4-3-6(12)13;8-6-4-2-1-3-5(6)7(9)10;3*7-1-2(8)4(5(10)11)13-6(12)3(1)9;1-2-3(4)5;1-5(2,3)4/h1-10,24-25H,11H2,(H,26,27)(H,28,29);2-17H2,1H3,(H,19,20);9-10H,2-8,11-17H2,1H3,(H,19,20);7,11,14H,3-5H2,1-2H3,(H,10,15)(H,12,13);1-4,8H,(H,9,10);3*1-4,6-9,12H,(H,10,11);2H2,1H3,(H,4,5);(H3,1,2,3,4)/p-10/b;;10-9-;;;;;;;/t;;;;;3*1-,2-,3+,4?,6+;;/m.....111../s1. The highest BCUT2D eigenvalue weighted by atomic mass is 31.2. The highest BCUT2D eigenvalue weighted by Crippen LogP contribution is 2.39. The Morgan fingerprint density at radius 1 is 0.406 bits per heavy atom. The summed E-state index contributed by atoms with van der Waals surface area (Å²) in [7, 11) is -5.14. The summed E-state index contributed by atoms with van der Waals surface area (Å²) >= 11 is 0. The van der Waals surface area contributed by atoms with E-state index < -0.39 is 194 Å². The lowest BCUT2D eigenvalue weighted by molar-refractivity contribution is -0.346. The smallest absolute Gasteiger partial charge is 0.339 e. The topological polar surface area (TPSA) is 880 Å². The molecule has 4 unspecified atom stereocenters. The Kier molecular flexibility index (Phi) is 69.8. The average molecular weight is 2060 g/mol. The van der Waals surface area contributed by atoms with Crippen LogP contribution in [-0.2, 0) is 63.6 Å². The number of phosphoric acid groups is 1. The Morgan fingerprint density at radius 2 is 0.678 bits per heavy atom. The highest BCUT2D eigenvalue weighted by Gasteiger charge is 2.46. The molecular weight excluding hydrogens is 1920 g/mol. The molecule has 16 atom stereocenters. The Labute approximate surface area is 826 Å². The number of carboxylic acids is 10. The number of carbonyl (C=O) groups is 11. The van der Waals surface area contributed by atoms with Gasteiger partial charge in [-0.25, -0.2) is 14.4 Å². The zero-order valence-electron chi connectivity index (χ0n) is 80.3. The van der Waals surface area contributed by atoms with Crippen molar-refractivity contribution in [2.75, 3.05) is 13.2 Å². The maximum atomic E-state index is 11.6. The number of aromatic carboxylic acids is 3. The molecule has 5 aromatic carbocycles. The minimum absolute atomic E-state index is 0.0407. The van der Waals surface area contributed by atoms with Crippen LogP contribution in [0.3, 0.4) is 0 Å². The van der Waals surface area contributed by atoms with Gasteiger partial charge in [0.05, 0.1) is 37.9 Å². The predicted molar refractivity (Wildman–Crippen MR) is 486 cm³/mol. The van der Waals surface area contributed by atoms with Gasteiger partial charge in [-0.15, -0.1) is 0 Å². The molecule has 1 amide bonds. The van der Waals surface area contributed by atoms with Crippen LogP contribution in [0.15, 0.2) is 97.1 Å². The Bertz CT molecular complexity index is 4430. The molecule has 21 N–H and O–H groups in total. The molecule has 0 aliphatic carbocycles. The number of hydrogen-bond acceptors (Lipinski definition) is 41. The van der Waals surface area contributed by atoms with E-state index in [2.05, 4.69) is 45.5 Å². The maximum absolute atomic E-state index is 11.6. The number of rotatable bonds is 46. The van der Waals surface area contributed by atoms with E-state index in [1.54, 1.807) is 48.5 Å². The lowest BCUT2D eigenvalue weighted by Crippen LogP contribution is -2.62. The second kappa shape index (κ2) is 74.3. The Morgan fingerprint density at radius 3 is 0.937 bits per heavy atom. The first-order valence-corrected chi connectivity index (χ1v) is 48.0. The van der Waals surface area contributed by atoms with Crippen molar-refractivity contribution in [3.05, 3.63) is 125 Å². The second-order valence-corrected chi connectivity index (χ2v) is 34.6. The van der Waals surface area contributed by atoms with Crippen LogP contribution >= 0.6 is 7.82 Å². The van der Waals surface area contributed by atoms with Gasteiger partial charge >= 0.3 is 17.9 Å². The molecule has 0 saturated carbocycles. The van der Waals surface area contributed by atoms with E-state index >= 15 is 0 Å². The average Bonchev–Trinajstić information content (AvgIpc) is 0.758. The van der Waals surface area contributed by atoms with E-state index in [1.807, 2.05) is 0 Å². The van der Waals surface area contributed by atoms with Gasteiger partial charge in [0, 0.05) is 59.8 Å². The van der Waals surface area contributed by atoms with Gasteiger partial charge in [0.2, 0.25) is 5.91 Å². The van der Waals surface area contributed by atoms with Crippen molar-refractivity contribution in [3.63, 3.8) is 0 Å². The number of benzene rings is 5. The van der Waals surface area contributed by atoms with Crippen LogP contribution in [0, 0.1) is 5.41 Å². The molecular formula is C96H138NO45P-10. The number of carbonyl (C=O) groups excluding carboxylic acids is 8. The molecule has 143 heavy (non-hydrogen) atoms. The molecule has 0 radical (unpaired) electrons. The second-order valence-electron chi connectivity index (χ2n) is 33.7. The fraction of sp³-hybridized carbons (Fsp3) is 0.594. The van der Waals surface area contributed by atoms with E-state index in [1.165, 1.54) is 205 Å². The molecule has 3 aliphatic rings. The largest absolute Gasteiger partial charge is 0.872 e.